The van der Waals surface area contributed by atoms with E-state index in [0.29, 0.717) is 24.8 Å². The van der Waals surface area contributed by atoms with Gasteiger partial charge in [-0.15, -0.1) is 0 Å². The molecule has 108 valence electrons. The fourth-order valence-corrected chi connectivity index (χ4v) is 3.74. The van der Waals surface area contributed by atoms with E-state index in [4.69, 9.17) is 4.42 Å². The Morgan fingerprint density at radius 2 is 2.05 bits per heavy atom. The molecule has 1 N–H and O–H groups in total. The molecule has 0 atom stereocenters. The highest BCUT2D eigenvalue weighted by Crippen LogP contribution is 2.27. The van der Waals surface area contributed by atoms with Crippen molar-refractivity contribution in [3.63, 3.8) is 0 Å². The van der Waals surface area contributed by atoms with E-state index in [-0.39, 0.29) is 5.09 Å². The summed E-state index contributed by atoms with van der Waals surface area (Å²) in [4.78, 5) is 0. The summed E-state index contributed by atoms with van der Waals surface area (Å²) in [5.41, 5.74) is 0. The zero-order valence-corrected chi connectivity index (χ0v) is 12.4. The van der Waals surface area contributed by atoms with Crippen LogP contribution in [0.25, 0.3) is 0 Å². The highest BCUT2D eigenvalue weighted by Gasteiger charge is 2.27. The molecule has 2 rings (SSSR count). The van der Waals surface area contributed by atoms with Gasteiger partial charge in [0.25, 0.3) is 10.0 Å². The van der Waals surface area contributed by atoms with Gasteiger partial charge in [-0.1, -0.05) is 12.8 Å². The Balaban J connectivity index is 2.06. The monoisotopic (exact) mass is 286 g/mol. The zero-order valence-electron chi connectivity index (χ0n) is 11.6. The summed E-state index contributed by atoms with van der Waals surface area (Å²) in [6, 6.07) is 3.24. The maximum Gasteiger partial charge on any atom is 0.276 e. The second-order valence-electron chi connectivity index (χ2n) is 5.19. The van der Waals surface area contributed by atoms with E-state index < -0.39 is 10.0 Å². The van der Waals surface area contributed by atoms with Gasteiger partial charge in [0.05, 0.1) is 6.54 Å². The second-order valence-corrected chi connectivity index (χ2v) is 7.16. The molecule has 0 amide bonds. The zero-order chi connectivity index (χ0) is 13.9. The van der Waals surface area contributed by atoms with Crippen LogP contribution in [0.15, 0.2) is 21.6 Å². The highest BCUT2D eigenvalue weighted by molar-refractivity contribution is 7.89. The molecule has 0 radical (unpaired) electrons. The molecule has 0 saturated heterocycles. The van der Waals surface area contributed by atoms with Crippen molar-refractivity contribution in [3.8, 4) is 0 Å². The number of furan rings is 1. The quantitative estimate of drug-likeness (QED) is 0.866. The van der Waals surface area contributed by atoms with Crippen molar-refractivity contribution in [2.75, 3.05) is 20.6 Å². The molecule has 5 nitrogen and oxygen atoms in total. The summed E-state index contributed by atoms with van der Waals surface area (Å²) < 4.78 is 31.5. The van der Waals surface area contributed by atoms with Crippen LogP contribution < -0.4 is 5.32 Å². The molecule has 0 aromatic carbocycles. The van der Waals surface area contributed by atoms with E-state index in [2.05, 4.69) is 5.32 Å². The summed E-state index contributed by atoms with van der Waals surface area (Å²) in [5, 5.41) is 2.97. The maximum atomic E-state index is 12.3. The van der Waals surface area contributed by atoms with Crippen molar-refractivity contribution in [1.82, 2.24) is 9.62 Å². The lowest BCUT2D eigenvalue weighted by molar-refractivity contribution is 0.357. The van der Waals surface area contributed by atoms with Crippen LogP contribution in [-0.2, 0) is 16.6 Å². The molecule has 1 fully saturated rings. The van der Waals surface area contributed by atoms with Crippen molar-refractivity contribution >= 4 is 10.0 Å². The predicted molar refractivity (Wildman–Crippen MR) is 73.2 cm³/mol. The topological polar surface area (TPSA) is 62.6 Å². The summed E-state index contributed by atoms with van der Waals surface area (Å²) in [6.45, 7) is 1.12. The standard InChI is InChI=1S/C13H22N2O3S/c1-14-9-12-7-8-13(18-12)19(16,17)15(2)10-11-5-3-4-6-11/h7-8,11,14H,3-6,9-10H2,1-2H3. The van der Waals surface area contributed by atoms with E-state index in [1.807, 2.05) is 0 Å². The summed E-state index contributed by atoms with van der Waals surface area (Å²) in [7, 11) is -0.0576. The third kappa shape index (κ3) is 3.38. The Bertz CT molecular complexity index is 504. The fraction of sp³-hybridized carbons (Fsp3) is 0.692. The van der Waals surface area contributed by atoms with Gasteiger partial charge in [-0.3, -0.25) is 0 Å². The van der Waals surface area contributed by atoms with Gasteiger partial charge in [-0.05, 0) is 37.9 Å². The Kier molecular flexibility index (Phi) is 4.65. The van der Waals surface area contributed by atoms with Crippen LogP contribution in [0.1, 0.15) is 31.4 Å². The van der Waals surface area contributed by atoms with E-state index in [9.17, 15) is 8.42 Å². The van der Waals surface area contributed by atoms with Crippen LogP contribution in [0.5, 0.6) is 0 Å². The van der Waals surface area contributed by atoms with Gasteiger partial charge in [0.1, 0.15) is 5.76 Å². The molecular weight excluding hydrogens is 264 g/mol. The average Bonchev–Trinajstić information content (AvgIpc) is 3.00. The van der Waals surface area contributed by atoms with Crippen molar-refractivity contribution in [1.29, 1.82) is 0 Å². The second kappa shape index (κ2) is 6.07. The molecule has 0 spiro atoms. The smallest absolute Gasteiger partial charge is 0.276 e. The number of hydrogen-bond donors (Lipinski definition) is 1. The van der Waals surface area contributed by atoms with Crippen LogP contribution in [-0.4, -0.2) is 33.4 Å². The molecular formula is C13H22N2O3S. The van der Waals surface area contributed by atoms with Gasteiger partial charge in [0, 0.05) is 13.6 Å². The van der Waals surface area contributed by atoms with Crippen LogP contribution in [0.4, 0.5) is 0 Å². The van der Waals surface area contributed by atoms with Crippen LogP contribution in [0.3, 0.4) is 0 Å². The minimum Gasteiger partial charge on any atom is -0.447 e. The third-order valence-electron chi connectivity index (χ3n) is 3.64. The van der Waals surface area contributed by atoms with Gasteiger partial charge in [-0.2, -0.15) is 4.31 Å². The minimum absolute atomic E-state index is 0.0400. The number of sulfonamides is 1. The summed E-state index contributed by atoms with van der Waals surface area (Å²) in [6.07, 6.45) is 4.68. The number of nitrogens with one attached hydrogen (secondary N) is 1. The van der Waals surface area contributed by atoms with Crippen molar-refractivity contribution in [3.05, 3.63) is 17.9 Å². The largest absolute Gasteiger partial charge is 0.447 e. The Morgan fingerprint density at radius 3 is 2.68 bits per heavy atom. The van der Waals surface area contributed by atoms with Crippen LogP contribution >= 0.6 is 0 Å². The average molecular weight is 286 g/mol. The molecule has 0 bridgehead atoms. The molecule has 6 heteroatoms. The van der Waals surface area contributed by atoms with Gasteiger partial charge in [0.15, 0.2) is 0 Å². The highest BCUT2D eigenvalue weighted by atomic mass is 32.2. The molecule has 19 heavy (non-hydrogen) atoms. The lowest BCUT2D eigenvalue weighted by atomic mass is 10.1. The number of nitrogens with zero attached hydrogens (tertiary/aromatic N) is 1. The Morgan fingerprint density at radius 1 is 1.37 bits per heavy atom. The van der Waals surface area contributed by atoms with Gasteiger partial charge in [-0.25, -0.2) is 8.42 Å². The van der Waals surface area contributed by atoms with Crippen molar-refractivity contribution in [2.45, 2.75) is 37.3 Å². The fourth-order valence-electron chi connectivity index (χ4n) is 2.57. The normalized spacial score (nSPS) is 17.4. The first kappa shape index (κ1) is 14.6. The van der Waals surface area contributed by atoms with Gasteiger partial charge < -0.3 is 9.73 Å². The molecule has 0 unspecified atom stereocenters. The number of hydrogen-bond acceptors (Lipinski definition) is 4. The molecule has 1 aromatic rings. The molecule has 1 saturated carbocycles. The van der Waals surface area contributed by atoms with E-state index in [0.717, 1.165) is 12.8 Å². The molecule has 1 aliphatic carbocycles. The first-order valence-electron chi connectivity index (χ1n) is 6.73. The van der Waals surface area contributed by atoms with Gasteiger partial charge >= 0.3 is 0 Å². The van der Waals surface area contributed by atoms with E-state index in [1.54, 1.807) is 20.2 Å². The lowest BCUT2D eigenvalue weighted by Gasteiger charge is -2.19. The summed E-state index contributed by atoms with van der Waals surface area (Å²) in [5.74, 6) is 1.13. The minimum atomic E-state index is -3.49. The first-order valence-corrected chi connectivity index (χ1v) is 8.17. The van der Waals surface area contributed by atoms with Crippen LogP contribution in [0.2, 0.25) is 0 Å². The maximum absolute atomic E-state index is 12.3. The lowest BCUT2D eigenvalue weighted by Crippen LogP contribution is -2.31. The molecule has 1 aliphatic rings. The molecule has 0 aliphatic heterocycles. The molecule has 1 heterocycles. The Labute approximate surface area is 115 Å². The first-order chi connectivity index (χ1) is 9.04. The van der Waals surface area contributed by atoms with Crippen molar-refractivity contribution in [2.24, 2.45) is 5.92 Å². The number of rotatable bonds is 6. The van der Waals surface area contributed by atoms with Crippen LogP contribution in [0, 0.1) is 5.92 Å². The van der Waals surface area contributed by atoms with E-state index in [1.165, 1.54) is 23.2 Å². The summed E-state index contributed by atoms with van der Waals surface area (Å²) >= 11 is 0. The van der Waals surface area contributed by atoms with E-state index >= 15 is 0 Å². The third-order valence-corrected chi connectivity index (χ3v) is 5.34. The van der Waals surface area contributed by atoms with Gasteiger partial charge in [0.2, 0.25) is 5.09 Å². The van der Waals surface area contributed by atoms with Crippen molar-refractivity contribution < 1.29 is 12.8 Å². The molecule has 1 aromatic heterocycles. The Hall–Kier alpha value is -0.850. The SMILES string of the molecule is CNCc1ccc(S(=O)(=O)N(C)CC2CCCC2)o1. The predicted octanol–water partition coefficient (Wildman–Crippen LogP) is 1.81.